The molecule has 27 heavy (non-hydrogen) atoms. The Labute approximate surface area is 154 Å². The van der Waals surface area contributed by atoms with Crippen molar-refractivity contribution in [3.05, 3.63) is 81.7 Å². The van der Waals surface area contributed by atoms with E-state index >= 15 is 0 Å². The van der Waals surface area contributed by atoms with Crippen molar-refractivity contribution in [1.82, 2.24) is 20.4 Å². The summed E-state index contributed by atoms with van der Waals surface area (Å²) in [7, 11) is 0. The molecule has 0 aliphatic rings. The maximum atomic E-state index is 12.1. The van der Waals surface area contributed by atoms with E-state index in [4.69, 9.17) is 0 Å². The highest BCUT2D eigenvalue weighted by Gasteiger charge is 2.15. The Kier molecular flexibility index (Phi) is 5.02. The zero-order valence-corrected chi connectivity index (χ0v) is 14.7. The van der Waals surface area contributed by atoms with Gasteiger partial charge in [-0.2, -0.15) is 5.10 Å². The highest BCUT2D eigenvalue weighted by atomic mass is 16.6. The van der Waals surface area contributed by atoms with Gasteiger partial charge in [-0.05, 0) is 32.0 Å². The van der Waals surface area contributed by atoms with Crippen molar-refractivity contribution >= 4 is 17.3 Å². The Morgan fingerprint density at radius 2 is 1.93 bits per heavy atom. The van der Waals surface area contributed by atoms with Gasteiger partial charge in [-0.3, -0.25) is 14.9 Å². The molecule has 3 rings (SSSR count). The van der Waals surface area contributed by atoms with Crippen molar-refractivity contribution in [3.8, 4) is 5.69 Å². The first-order valence-electron chi connectivity index (χ1n) is 8.04. The molecule has 1 amide bonds. The lowest BCUT2D eigenvalue weighted by molar-refractivity contribution is -0.384. The Bertz CT molecular complexity index is 1030. The number of nitrogens with zero attached hydrogens (tertiary/aromatic N) is 5. The summed E-state index contributed by atoms with van der Waals surface area (Å²) < 4.78 is 1.49. The molecule has 0 atom stereocenters. The molecule has 0 unspecified atom stereocenters. The fourth-order valence-corrected chi connectivity index (χ4v) is 2.49. The molecule has 1 aromatic heterocycles. The summed E-state index contributed by atoms with van der Waals surface area (Å²) in [5.74, 6) is -0.335. The topological polar surface area (TPSA) is 115 Å². The highest BCUT2D eigenvalue weighted by Crippen LogP contribution is 2.18. The van der Waals surface area contributed by atoms with E-state index in [1.165, 1.54) is 16.8 Å². The summed E-state index contributed by atoms with van der Waals surface area (Å²) in [6.45, 7) is 3.46. The molecule has 0 bridgehead atoms. The number of non-ortho nitro benzene ring substituents is 1. The standard InChI is InChI=1S/C18H16N6O3/c1-12(19-21-18(25)14-7-4-3-5-8-14)17-13(2)23(22-20-17)15-9-6-10-16(11-15)24(26)27/h3-11H,1-2H3,(H,21,25)/b19-12+. The zero-order valence-electron chi connectivity index (χ0n) is 14.7. The summed E-state index contributed by atoms with van der Waals surface area (Å²) >= 11 is 0. The number of nitro benzene ring substituents is 1. The normalized spacial score (nSPS) is 11.3. The monoisotopic (exact) mass is 364 g/mol. The number of rotatable bonds is 5. The molecule has 9 nitrogen and oxygen atoms in total. The third-order valence-corrected chi connectivity index (χ3v) is 3.88. The number of nitrogens with one attached hydrogen (secondary N) is 1. The Morgan fingerprint density at radius 3 is 2.63 bits per heavy atom. The number of aromatic nitrogens is 3. The Balaban J connectivity index is 1.83. The lowest BCUT2D eigenvalue weighted by Gasteiger charge is -2.04. The Morgan fingerprint density at radius 1 is 1.19 bits per heavy atom. The SMILES string of the molecule is C/C(=N\NC(=O)c1ccccc1)c1nnn(-c2cccc([N+](=O)[O-])c2)c1C. The predicted molar refractivity (Wildman–Crippen MR) is 98.9 cm³/mol. The molecular weight excluding hydrogens is 348 g/mol. The van der Waals surface area contributed by atoms with E-state index in [1.54, 1.807) is 50.2 Å². The van der Waals surface area contributed by atoms with E-state index < -0.39 is 4.92 Å². The van der Waals surface area contributed by atoms with Gasteiger partial charge in [-0.1, -0.05) is 29.5 Å². The van der Waals surface area contributed by atoms with Gasteiger partial charge >= 0.3 is 0 Å². The molecule has 0 fully saturated rings. The average Bonchev–Trinajstić information content (AvgIpc) is 3.08. The molecule has 0 aliphatic carbocycles. The molecule has 136 valence electrons. The third kappa shape index (κ3) is 3.87. The van der Waals surface area contributed by atoms with Gasteiger partial charge in [0, 0.05) is 17.7 Å². The summed E-state index contributed by atoms with van der Waals surface area (Å²) in [5.41, 5.74) is 5.04. The number of hydrazone groups is 1. The number of hydrogen-bond donors (Lipinski definition) is 1. The minimum absolute atomic E-state index is 0.0375. The Hall–Kier alpha value is -3.88. The molecule has 0 saturated heterocycles. The van der Waals surface area contributed by atoms with Crippen LogP contribution in [-0.2, 0) is 0 Å². The van der Waals surface area contributed by atoms with E-state index in [0.717, 1.165) is 0 Å². The van der Waals surface area contributed by atoms with Crippen molar-refractivity contribution in [3.63, 3.8) is 0 Å². The van der Waals surface area contributed by atoms with E-state index in [9.17, 15) is 14.9 Å². The average molecular weight is 364 g/mol. The highest BCUT2D eigenvalue weighted by molar-refractivity contribution is 6.00. The number of carbonyl (C=O) groups is 1. The summed E-state index contributed by atoms with van der Waals surface area (Å²) in [6.07, 6.45) is 0. The molecule has 1 N–H and O–H groups in total. The van der Waals surface area contributed by atoms with E-state index in [1.807, 2.05) is 6.07 Å². The quantitative estimate of drug-likeness (QED) is 0.424. The second-order valence-corrected chi connectivity index (χ2v) is 5.72. The second kappa shape index (κ2) is 7.56. The van der Waals surface area contributed by atoms with Crippen LogP contribution in [0.25, 0.3) is 5.69 Å². The van der Waals surface area contributed by atoms with Crippen molar-refractivity contribution in [2.75, 3.05) is 0 Å². The van der Waals surface area contributed by atoms with E-state index in [2.05, 4.69) is 20.8 Å². The van der Waals surface area contributed by atoms with Crippen LogP contribution >= 0.6 is 0 Å². The van der Waals surface area contributed by atoms with Crippen molar-refractivity contribution in [2.24, 2.45) is 5.10 Å². The molecule has 0 saturated carbocycles. The molecule has 0 radical (unpaired) electrons. The van der Waals surface area contributed by atoms with Crippen LogP contribution < -0.4 is 5.43 Å². The third-order valence-electron chi connectivity index (χ3n) is 3.88. The number of carbonyl (C=O) groups excluding carboxylic acids is 1. The van der Waals surface area contributed by atoms with Crippen LogP contribution in [0.3, 0.4) is 0 Å². The van der Waals surface area contributed by atoms with Crippen LogP contribution in [0.4, 0.5) is 5.69 Å². The first kappa shape index (κ1) is 17.9. The van der Waals surface area contributed by atoms with Crippen molar-refractivity contribution < 1.29 is 9.72 Å². The summed E-state index contributed by atoms with van der Waals surface area (Å²) in [4.78, 5) is 22.6. The summed E-state index contributed by atoms with van der Waals surface area (Å²) in [5, 5.41) is 23.1. The second-order valence-electron chi connectivity index (χ2n) is 5.72. The summed E-state index contributed by atoms with van der Waals surface area (Å²) in [6, 6.07) is 14.8. The molecule has 3 aromatic rings. The van der Waals surface area contributed by atoms with Crippen LogP contribution in [0, 0.1) is 17.0 Å². The van der Waals surface area contributed by atoms with Crippen molar-refractivity contribution in [1.29, 1.82) is 0 Å². The molecule has 0 aliphatic heterocycles. The van der Waals surface area contributed by atoms with E-state index in [0.29, 0.717) is 28.4 Å². The predicted octanol–water partition coefficient (Wildman–Crippen LogP) is 2.64. The molecular formula is C18H16N6O3. The van der Waals surface area contributed by atoms with Gasteiger partial charge < -0.3 is 0 Å². The maximum Gasteiger partial charge on any atom is 0.271 e. The van der Waals surface area contributed by atoms with Crippen LogP contribution in [-0.4, -0.2) is 31.5 Å². The van der Waals surface area contributed by atoms with Crippen LogP contribution in [0.2, 0.25) is 0 Å². The molecule has 2 aromatic carbocycles. The molecule has 9 heteroatoms. The van der Waals surface area contributed by atoms with Gasteiger partial charge in [0.2, 0.25) is 0 Å². The molecule has 0 spiro atoms. The van der Waals surface area contributed by atoms with Gasteiger partial charge in [-0.25, -0.2) is 10.1 Å². The maximum absolute atomic E-state index is 12.1. The lowest BCUT2D eigenvalue weighted by atomic mass is 10.2. The van der Waals surface area contributed by atoms with Gasteiger partial charge in [0.25, 0.3) is 11.6 Å². The number of amides is 1. The fraction of sp³-hybridized carbons (Fsp3) is 0.111. The number of nitro groups is 1. The van der Waals surface area contributed by atoms with Crippen LogP contribution in [0.5, 0.6) is 0 Å². The fourth-order valence-electron chi connectivity index (χ4n) is 2.49. The zero-order chi connectivity index (χ0) is 19.4. The largest absolute Gasteiger partial charge is 0.271 e. The van der Waals surface area contributed by atoms with Gasteiger partial charge in [0.05, 0.1) is 22.0 Å². The number of hydrogen-bond acceptors (Lipinski definition) is 6. The first-order valence-corrected chi connectivity index (χ1v) is 8.04. The minimum Gasteiger partial charge on any atom is -0.267 e. The van der Waals surface area contributed by atoms with Crippen LogP contribution in [0.15, 0.2) is 59.7 Å². The lowest BCUT2D eigenvalue weighted by Crippen LogP contribution is -2.19. The van der Waals surface area contributed by atoms with Gasteiger partial charge in [0.1, 0.15) is 5.69 Å². The van der Waals surface area contributed by atoms with E-state index in [-0.39, 0.29) is 11.6 Å². The van der Waals surface area contributed by atoms with Crippen molar-refractivity contribution in [2.45, 2.75) is 13.8 Å². The van der Waals surface area contributed by atoms with Crippen LogP contribution in [0.1, 0.15) is 28.7 Å². The number of benzene rings is 2. The first-order chi connectivity index (χ1) is 13.0. The van der Waals surface area contributed by atoms with Gasteiger partial charge in [-0.15, -0.1) is 5.10 Å². The minimum atomic E-state index is -0.470. The smallest absolute Gasteiger partial charge is 0.267 e. The van der Waals surface area contributed by atoms with Gasteiger partial charge in [0.15, 0.2) is 0 Å². The molecule has 1 heterocycles.